The fourth-order valence-corrected chi connectivity index (χ4v) is 2.56. The van der Waals surface area contributed by atoms with Crippen LogP contribution in [0, 0.1) is 0 Å². The van der Waals surface area contributed by atoms with Gasteiger partial charge in [0.1, 0.15) is 5.75 Å². The SMILES string of the molecule is COc1ccccc1N1[C@H](CO)CC[C@@H]1CO. The highest BCUT2D eigenvalue weighted by molar-refractivity contribution is 5.60. The summed E-state index contributed by atoms with van der Waals surface area (Å²) in [6.07, 6.45) is 1.81. The first kappa shape index (κ1) is 12.2. The Bertz CT molecular complexity index is 357. The first-order valence-electron chi connectivity index (χ1n) is 5.95. The monoisotopic (exact) mass is 237 g/mol. The summed E-state index contributed by atoms with van der Waals surface area (Å²) in [6.45, 7) is 0.211. The smallest absolute Gasteiger partial charge is 0.142 e. The molecule has 1 aromatic rings. The first-order chi connectivity index (χ1) is 8.31. The van der Waals surface area contributed by atoms with Gasteiger partial charge in [0.15, 0.2) is 0 Å². The molecule has 2 N–H and O–H groups in total. The standard InChI is InChI=1S/C13H19NO3/c1-17-13-5-3-2-4-12(13)14-10(8-15)6-7-11(14)9-16/h2-5,10-11,15-16H,6-9H2,1H3/t10-,11+. The Hall–Kier alpha value is -1.26. The van der Waals surface area contributed by atoms with Crippen molar-refractivity contribution in [3.05, 3.63) is 24.3 Å². The van der Waals surface area contributed by atoms with Gasteiger partial charge in [-0.15, -0.1) is 0 Å². The van der Waals surface area contributed by atoms with Crippen LogP contribution in [0.4, 0.5) is 5.69 Å². The molecule has 2 atom stereocenters. The number of nitrogens with zero attached hydrogens (tertiary/aromatic N) is 1. The van der Waals surface area contributed by atoms with Crippen LogP contribution in [0.3, 0.4) is 0 Å². The van der Waals surface area contributed by atoms with Crippen molar-refractivity contribution >= 4 is 5.69 Å². The van der Waals surface area contributed by atoms with Crippen LogP contribution in [-0.4, -0.2) is 42.6 Å². The predicted molar refractivity (Wildman–Crippen MR) is 66.5 cm³/mol. The second kappa shape index (κ2) is 5.38. The molecule has 0 aliphatic carbocycles. The zero-order chi connectivity index (χ0) is 12.3. The number of hydrogen-bond acceptors (Lipinski definition) is 4. The fourth-order valence-electron chi connectivity index (χ4n) is 2.56. The van der Waals surface area contributed by atoms with E-state index in [0.717, 1.165) is 24.3 Å². The van der Waals surface area contributed by atoms with Crippen LogP contribution < -0.4 is 9.64 Å². The fraction of sp³-hybridized carbons (Fsp3) is 0.538. The average Bonchev–Trinajstić information content (AvgIpc) is 2.81. The van der Waals surface area contributed by atoms with Crippen LogP contribution >= 0.6 is 0 Å². The number of hydrogen-bond donors (Lipinski definition) is 2. The maximum atomic E-state index is 9.41. The van der Waals surface area contributed by atoms with Crippen LogP contribution in [0.2, 0.25) is 0 Å². The van der Waals surface area contributed by atoms with E-state index in [4.69, 9.17) is 4.74 Å². The Kier molecular flexibility index (Phi) is 3.86. The molecular formula is C13H19NO3. The molecule has 0 bridgehead atoms. The number of rotatable bonds is 4. The molecule has 4 heteroatoms. The normalized spacial score (nSPS) is 24.1. The Morgan fingerprint density at radius 2 is 1.76 bits per heavy atom. The van der Waals surface area contributed by atoms with Crippen molar-refractivity contribution in [2.24, 2.45) is 0 Å². The van der Waals surface area contributed by atoms with Gasteiger partial charge < -0.3 is 19.8 Å². The van der Waals surface area contributed by atoms with E-state index in [2.05, 4.69) is 4.90 Å². The van der Waals surface area contributed by atoms with Gasteiger partial charge in [0.2, 0.25) is 0 Å². The lowest BCUT2D eigenvalue weighted by molar-refractivity contribution is 0.247. The van der Waals surface area contributed by atoms with E-state index in [1.165, 1.54) is 0 Å². The van der Waals surface area contributed by atoms with Gasteiger partial charge in [-0.1, -0.05) is 12.1 Å². The molecule has 1 aliphatic heterocycles. The molecule has 0 unspecified atom stereocenters. The number of para-hydroxylation sites is 2. The van der Waals surface area contributed by atoms with Gasteiger partial charge in [-0.25, -0.2) is 0 Å². The zero-order valence-electron chi connectivity index (χ0n) is 10.0. The summed E-state index contributed by atoms with van der Waals surface area (Å²) in [5.41, 5.74) is 0.950. The molecule has 0 radical (unpaired) electrons. The van der Waals surface area contributed by atoms with Crippen LogP contribution in [0.15, 0.2) is 24.3 Å². The minimum atomic E-state index is 0.0726. The van der Waals surface area contributed by atoms with Crippen molar-refractivity contribution in [3.8, 4) is 5.75 Å². The van der Waals surface area contributed by atoms with E-state index in [0.29, 0.717) is 0 Å². The number of aliphatic hydroxyl groups excluding tert-OH is 2. The Balaban J connectivity index is 2.34. The summed E-state index contributed by atoms with van der Waals surface area (Å²) < 4.78 is 5.34. The first-order valence-corrected chi connectivity index (χ1v) is 5.95. The summed E-state index contributed by atoms with van der Waals surface area (Å²) in [7, 11) is 1.64. The third-order valence-electron chi connectivity index (χ3n) is 3.40. The minimum absolute atomic E-state index is 0.0726. The van der Waals surface area contributed by atoms with E-state index in [-0.39, 0.29) is 25.3 Å². The minimum Gasteiger partial charge on any atom is -0.495 e. The maximum Gasteiger partial charge on any atom is 0.142 e. The van der Waals surface area contributed by atoms with Crippen molar-refractivity contribution < 1.29 is 14.9 Å². The molecule has 1 aromatic carbocycles. The van der Waals surface area contributed by atoms with Crippen LogP contribution in [-0.2, 0) is 0 Å². The van der Waals surface area contributed by atoms with Gasteiger partial charge in [0.05, 0.1) is 38.1 Å². The molecule has 1 heterocycles. The molecule has 1 saturated heterocycles. The molecule has 2 rings (SSSR count). The number of methoxy groups -OCH3 is 1. The lowest BCUT2D eigenvalue weighted by Gasteiger charge is -2.31. The second-order valence-electron chi connectivity index (χ2n) is 4.33. The summed E-state index contributed by atoms with van der Waals surface area (Å²) in [5, 5.41) is 18.8. The lowest BCUT2D eigenvalue weighted by Crippen LogP contribution is -2.40. The number of aliphatic hydroxyl groups is 2. The van der Waals surface area contributed by atoms with Gasteiger partial charge in [0.25, 0.3) is 0 Å². The third kappa shape index (κ3) is 2.23. The van der Waals surface area contributed by atoms with Crippen molar-refractivity contribution in [1.82, 2.24) is 0 Å². The molecular weight excluding hydrogens is 218 g/mol. The molecule has 0 amide bonds. The van der Waals surface area contributed by atoms with Gasteiger partial charge in [-0.05, 0) is 25.0 Å². The molecule has 1 fully saturated rings. The summed E-state index contributed by atoms with van der Waals surface area (Å²) in [4.78, 5) is 2.08. The highest BCUT2D eigenvalue weighted by Gasteiger charge is 2.33. The van der Waals surface area contributed by atoms with Crippen LogP contribution in [0.25, 0.3) is 0 Å². The number of benzene rings is 1. The molecule has 0 spiro atoms. The van der Waals surface area contributed by atoms with E-state index in [1.54, 1.807) is 7.11 Å². The van der Waals surface area contributed by atoms with Crippen molar-refractivity contribution in [2.75, 3.05) is 25.2 Å². The molecule has 0 saturated carbocycles. The number of ether oxygens (including phenoxy) is 1. The highest BCUT2D eigenvalue weighted by Crippen LogP contribution is 2.36. The van der Waals surface area contributed by atoms with E-state index in [1.807, 2.05) is 24.3 Å². The average molecular weight is 237 g/mol. The van der Waals surface area contributed by atoms with E-state index < -0.39 is 0 Å². The highest BCUT2D eigenvalue weighted by atomic mass is 16.5. The molecule has 1 aliphatic rings. The van der Waals surface area contributed by atoms with Gasteiger partial charge >= 0.3 is 0 Å². The predicted octanol–water partition coefficient (Wildman–Crippen LogP) is 1.02. The third-order valence-corrected chi connectivity index (χ3v) is 3.40. The quantitative estimate of drug-likeness (QED) is 0.821. The van der Waals surface area contributed by atoms with Crippen molar-refractivity contribution in [3.63, 3.8) is 0 Å². The molecule has 94 valence electrons. The van der Waals surface area contributed by atoms with Gasteiger partial charge in [0, 0.05) is 0 Å². The van der Waals surface area contributed by atoms with Gasteiger partial charge in [-0.2, -0.15) is 0 Å². The summed E-state index contributed by atoms with van der Waals surface area (Å²) in [6, 6.07) is 7.87. The van der Waals surface area contributed by atoms with Crippen molar-refractivity contribution in [2.45, 2.75) is 24.9 Å². The Morgan fingerprint density at radius 3 is 2.29 bits per heavy atom. The zero-order valence-corrected chi connectivity index (χ0v) is 10.0. The Labute approximate surface area is 101 Å². The molecule has 17 heavy (non-hydrogen) atoms. The largest absolute Gasteiger partial charge is 0.495 e. The van der Waals surface area contributed by atoms with Crippen LogP contribution in [0.1, 0.15) is 12.8 Å². The van der Waals surface area contributed by atoms with Crippen LogP contribution in [0.5, 0.6) is 5.75 Å². The van der Waals surface area contributed by atoms with Gasteiger partial charge in [-0.3, -0.25) is 0 Å². The summed E-state index contributed by atoms with van der Waals surface area (Å²) >= 11 is 0. The topological polar surface area (TPSA) is 52.9 Å². The molecule has 0 aromatic heterocycles. The maximum absolute atomic E-state index is 9.41. The summed E-state index contributed by atoms with van der Waals surface area (Å²) in [5.74, 6) is 0.784. The second-order valence-corrected chi connectivity index (χ2v) is 4.33. The number of anilines is 1. The van der Waals surface area contributed by atoms with E-state index >= 15 is 0 Å². The lowest BCUT2D eigenvalue weighted by atomic mass is 10.2. The van der Waals surface area contributed by atoms with Crippen molar-refractivity contribution in [1.29, 1.82) is 0 Å². The van der Waals surface area contributed by atoms with E-state index in [9.17, 15) is 10.2 Å². The Morgan fingerprint density at radius 1 is 1.18 bits per heavy atom. The molecule has 4 nitrogen and oxygen atoms in total.